The summed E-state index contributed by atoms with van der Waals surface area (Å²) in [5.74, 6) is -1.87. The number of hydrogen-bond donors (Lipinski definition) is 4. The summed E-state index contributed by atoms with van der Waals surface area (Å²) in [5.41, 5.74) is 1.69. The molecule has 3 aromatic rings. The van der Waals surface area contributed by atoms with Crippen LogP contribution in [-0.4, -0.2) is 50.1 Å². The molecule has 3 aromatic carbocycles. The molecule has 8 nitrogen and oxygen atoms in total. The van der Waals surface area contributed by atoms with Crippen molar-refractivity contribution in [1.29, 1.82) is 0 Å². The fourth-order valence-electron chi connectivity index (χ4n) is 3.34. The third-order valence-corrected chi connectivity index (χ3v) is 7.20. The molecule has 0 radical (unpaired) electrons. The second kappa shape index (κ2) is 11.9. The lowest BCUT2D eigenvalue weighted by Gasteiger charge is -2.13. The van der Waals surface area contributed by atoms with E-state index in [1.807, 2.05) is 0 Å². The van der Waals surface area contributed by atoms with Crippen molar-refractivity contribution in [1.82, 2.24) is 10.6 Å². The second-order valence-electron chi connectivity index (χ2n) is 7.78. The first kappa shape index (κ1) is 26.4. The number of halogens is 1. The van der Waals surface area contributed by atoms with E-state index in [1.54, 1.807) is 36.4 Å². The summed E-state index contributed by atoms with van der Waals surface area (Å²) in [6.07, 6.45) is -0.0647. The number of nitrogens with one attached hydrogen (secondary N) is 2. The third-order valence-electron chi connectivity index (χ3n) is 5.20. The zero-order chi connectivity index (χ0) is 25.4. The number of sulfone groups is 1. The number of rotatable bonds is 11. The van der Waals surface area contributed by atoms with Crippen molar-refractivity contribution < 1.29 is 28.2 Å². The van der Waals surface area contributed by atoms with Gasteiger partial charge in [0.2, 0.25) is 9.84 Å². The number of carbonyl (C=O) groups excluding carboxylic acids is 1. The van der Waals surface area contributed by atoms with Gasteiger partial charge in [-0.15, -0.1) is 0 Å². The molecule has 3 rings (SSSR count). The molecule has 0 saturated carbocycles. The molecule has 35 heavy (non-hydrogen) atoms. The van der Waals surface area contributed by atoms with E-state index in [0.29, 0.717) is 24.5 Å². The molecule has 0 unspecified atom stereocenters. The quantitative estimate of drug-likeness (QED) is 0.288. The van der Waals surface area contributed by atoms with Gasteiger partial charge in [-0.3, -0.25) is 9.59 Å². The number of carboxylic acid groups (broad SMARTS) is 1. The van der Waals surface area contributed by atoms with Gasteiger partial charge in [0.25, 0.3) is 5.91 Å². The highest BCUT2D eigenvalue weighted by atomic mass is 35.5. The minimum Gasteiger partial charge on any atom is -0.480 e. The summed E-state index contributed by atoms with van der Waals surface area (Å²) in [4.78, 5) is 22.7. The van der Waals surface area contributed by atoms with Gasteiger partial charge in [0, 0.05) is 17.1 Å². The van der Waals surface area contributed by atoms with E-state index in [4.69, 9.17) is 16.7 Å². The largest absolute Gasteiger partial charge is 0.480 e. The number of hydrogen-bond acceptors (Lipinski definition) is 6. The average molecular weight is 517 g/mol. The Morgan fingerprint density at radius 3 is 2.34 bits per heavy atom. The number of amides is 1. The lowest BCUT2D eigenvalue weighted by Crippen LogP contribution is -2.29. The van der Waals surface area contributed by atoms with E-state index in [1.165, 1.54) is 36.4 Å². The highest BCUT2D eigenvalue weighted by Crippen LogP contribution is 2.22. The molecule has 1 amide bonds. The number of aliphatic carboxylic acids is 1. The Bertz CT molecular complexity index is 1300. The summed E-state index contributed by atoms with van der Waals surface area (Å²) >= 11 is 5.95. The Morgan fingerprint density at radius 1 is 0.943 bits per heavy atom. The Balaban J connectivity index is 1.58. The summed E-state index contributed by atoms with van der Waals surface area (Å²) in [6, 6.07) is 18.9. The molecular formula is C25H25ClN2O6S. The van der Waals surface area contributed by atoms with E-state index in [-0.39, 0.29) is 15.4 Å². The maximum absolute atomic E-state index is 13.0. The van der Waals surface area contributed by atoms with Crippen molar-refractivity contribution >= 4 is 33.3 Å². The predicted octanol–water partition coefficient (Wildman–Crippen LogP) is 2.85. The SMILES string of the molecule is O=C(O)CNC(=O)c1cccc(S(=O)(=O)c2ccc(CCNC[C@@H](O)c3cccc(Cl)c3)cc2)c1. The number of aliphatic hydroxyl groups is 1. The standard InChI is InChI=1S/C25H25ClN2O6S/c26-20-5-1-3-18(13-20)23(29)15-27-12-11-17-7-9-21(10-8-17)35(33,34)22-6-2-4-19(14-22)25(32)28-16-24(30)31/h1-10,13-14,23,27,29H,11-12,15-16H2,(H,28,32)(H,30,31)/t23-/m1/s1. The maximum Gasteiger partial charge on any atom is 0.322 e. The molecule has 0 aliphatic rings. The fraction of sp³-hybridized carbons (Fsp3) is 0.200. The van der Waals surface area contributed by atoms with Gasteiger partial charge >= 0.3 is 5.97 Å². The minimum absolute atomic E-state index is 0.0509. The molecule has 0 heterocycles. The molecule has 0 spiro atoms. The summed E-state index contributed by atoms with van der Waals surface area (Å²) in [5, 5.41) is 24.9. The first-order chi connectivity index (χ1) is 16.7. The van der Waals surface area contributed by atoms with Crippen LogP contribution in [0, 0.1) is 0 Å². The van der Waals surface area contributed by atoms with Crippen LogP contribution in [0.3, 0.4) is 0 Å². The van der Waals surface area contributed by atoms with Crippen molar-refractivity contribution in [2.75, 3.05) is 19.6 Å². The van der Waals surface area contributed by atoms with Crippen LogP contribution in [0.1, 0.15) is 27.6 Å². The monoisotopic (exact) mass is 516 g/mol. The van der Waals surface area contributed by atoms with Gasteiger partial charge in [0.15, 0.2) is 0 Å². The number of benzene rings is 3. The van der Waals surface area contributed by atoms with Gasteiger partial charge in [-0.2, -0.15) is 0 Å². The smallest absolute Gasteiger partial charge is 0.322 e. The summed E-state index contributed by atoms with van der Waals surface area (Å²) < 4.78 is 26.0. The Morgan fingerprint density at radius 2 is 1.66 bits per heavy atom. The van der Waals surface area contributed by atoms with E-state index >= 15 is 0 Å². The molecular weight excluding hydrogens is 492 g/mol. The zero-order valence-corrected chi connectivity index (χ0v) is 20.2. The lowest BCUT2D eigenvalue weighted by atomic mass is 10.1. The lowest BCUT2D eigenvalue weighted by molar-refractivity contribution is -0.135. The number of carbonyl (C=O) groups is 2. The summed E-state index contributed by atoms with van der Waals surface area (Å²) in [7, 11) is -3.87. The molecule has 10 heteroatoms. The second-order valence-corrected chi connectivity index (χ2v) is 10.2. The van der Waals surface area contributed by atoms with Gasteiger partial charge < -0.3 is 20.8 Å². The van der Waals surface area contributed by atoms with Crippen LogP contribution in [0.15, 0.2) is 82.6 Å². The van der Waals surface area contributed by atoms with Crippen molar-refractivity contribution in [2.24, 2.45) is 0 Å². The van der Waals surface area contributed by atoms with E-state index in [0.717, 1.165) is 11.1 Å². The predicted molar refractivity (Wildman–Crippen MR) is 131 cm³/mol. The van der Waals surface area contributed by atoms with Crippen molar-refractivity contribution in [3.05, 3.63) is 94.5 Å². The highest BCUT2D eigenvalue weighted by Gasteiger charge is 2.19. The van der Waals surface area contributed by atoms with E-state index in [9.17, 15) is 23.1 Å². The molecule has 0 fully saturated rings. The van der Waals surface area contributed by atoms with Gasteiger partial charge in [0.1, 0.15) is 6.54 Å². The van der Waals surface area contributed by atoms with Crippen LogP contribution in [0.4, 0.5) is 0 Å². The molecule has 1 atom stereocenters. The number of carboxylic acids is 1. The average Bonchev–Trinajstić information content (AvgIpc) is 2.85. The molecule has 0 saturated heterocycles. The Hall–Kier alpha value is -3.24. The molecule has 0 bridgehead atoms. The number of aliphatic hydroxyl groups excluding tert-OH is 1. The molecule has 4 N–H and O–H groups in total. The molecule has 184 valence electrons. The first-order valence-electron chi connectivity index (χ1n) is 10.7. The van der Waals surface area contributed by atoms with Gasteiger partial charge in [-0.25, -0.2) is 8.42 Å². The topological polar surface area (TPSA) is 133 Å². The third kappa shape index (κ3) is 7.37. The van der Waals surface area contributed by atoms with Gasteiger partial charge in [-0.05, 0) is 66.6 Å². The maximum atomic E-state index is 13.0. The van der Waals surface area contributed by atoms with Crippen LogP contribution in [0.2, 0.25) is 5.02 Å². The summed E-state index contributed by atoms with van der Waals surface area (Å²) in [6.45, 7) is 0.367. The van der Waals surface area contributed by atoms with Crippen LogP contribution < -0.4 is 10.6 Å². The van der Waals surface area contributed by atoms with E-state index < -0.39 is 34.4 Å². The van der Waals surface area contributed by atoms with Crippen LogP contribution in [-0.2, 0) is 21.1 Å². The zero-order valence-electron chi connectivity index (χ0n) is 18.6. The van der Waals surface area contributed by atoms with Gasteiger partial charge in [0.05, 0.1) is 15.9 Å². The van der Waals surface area contributed by atoms with Crippen molar-refractivity contribution in [3.8, 4) is 0 Å². The Labute approximate surface area is 208 Å². The molecule has 0 aromatic heterocycles. The van der Waals surface area contributed by atoms with Gasteiger partial charge in [-0.1, -0.05) is 41.9 Å². The van der Waals surface area contributed by atoms with Crippen LogP contribution in [0.25, 0.3) is 0 Å². The first-order valence-corrected chi connectivity index (χ1v) is 12.6. The fourth-order valence-corrected chi connectivity index (χ4v) is 4.84. The van der Waals surface area contributed by atoms with Crippen molar-refractivity contribution in [2.45, 2.75) is 22.3 Å². The van der Waals surface area contributed by atoms with Crippen LogP contribution in [0.5, 0.6) is 0 Å². The van der Waals surface area contributed by atoms with E-state index in [2.05, 4.69) is 10.6 Å². The van der Waals surface area contributed by atoms with Crippen LogP contribution >= 0.6 is 11.6 Å². The molecule has 0 aliphatic heterocycles. The van der Waals surface area contributed by atoms with Crippen molar-refractivity contribution in [3.63, 3.8) is 0 Å². The normalized spacial score (nSPS) is 12.2. The highest BCUT2D eigenvalue weighted by molar-refractivity contribution is 7.91. The minimum atomic E-state index is -3.87. The molecule has 0 aliphatic carbocycles. The Kier molecular flexibility index (Phi) is 9.00.